The lowest BCUT2D eigenvalue weighted by atomic mass is 9.71. The van der Waals surface area contributed by atoms with E-state index in [4.69, 9.17) is 5.11 Å². The van der Waals surface area contributed by atoms with Crippen LogP contribution < -0.4 is 0 Å². The van der Waals surface area contributed by atoms with E-state index in [9.17, 15) is 4.79 Å². The van der Waals surface area contributed by atoms with Crippen LogP contribution in [0.25, 0.3) is 5.57 Å². The largest absolute Gasteiger partial charge is 0.478 e. The van der Waals surface area contributed by atoms with Crippen LogP contribution >= 0.6 is 0 Å². The minimum Gasteiger partial charge on any atom is -0.478 e. The molecule has 0 aliphatic heterocycles. The summed E-state index contributed by atoms with van der Waals surface area (Å²) in [4.78, 5) is 10.9. The predicted octanol–water partition coefficient (Wildman–Crippen LogP) is 6.52. The molecule has 2 aromatic carbocycles. The molecule has 2 heteroatoms. The molecule has 1 N–H and O–H groups in total. The summed E-state index contributed by atoms with van der Waals surface area (Å²) in [5, 5.41) is 8.98. The standard InChI is InChI=1S/C27H28O2/c1-4-20-11-15-22(16-12-20)24-9-7-19-27(2,3)25(24)10-6-5-8-21-13-17-23(18-14-21)26(28)29/h6,10-18H,4,7,9,19H2,1-3H3,(H,28,29). The summed E-state index contributed by atoms with van der Waals surface area (Å²) in [5.74, 6) is 5.29. The Kier molecular flexibility index (Phi) is 6.39. The first-order valence-corrected chi connectivity index (χ1v) is 10.2. The second-order valence-corrected chi connectivity index (χ2v) is 8.17. The van der Waals surface area contributed by atoms with Crippen molar-refractivity contribution in [1.29, 1.82) is 0 Å². The smallest absolute Gasteiger partial charge is 0.335 e. The molecule has 0 heterocycles. The number of hydrogen-bond acceptors (Lipinski definition) is 1. The Morgan fingerprint density at radius 1 is 1.10 bits per heavy atom. The zero-order valence-corrected chi connectivity index (χ0v) is 17.5. The zero-order chi connectivity index (χ0) is 20.9. The minimum absolute atomic E-state index is 0.123. The molecule has 0 spiro atoms. The second-order valence-electron chi connectivity index (χ2n) is 8.17. The topological polar surface area (TPSA) is 37.3 Å². The van der Waals surface area contributed by atoms with Crippen molar-refractivity contribution in [2.24, 2.45) is 5.41 Å². The highest BCUT2D eigenvalue weighted by Crippen LogP contribution is 2.44. The van der Waals surface area contributed by atoms with Crippen LogP contribution in [0.4, 0.5) is 0 Å². The Morgan fingerprint density at radius 3 is 2.41 bits per heavy atom. The van der Waals surface area contributed by atoms with Crippen LogP contribution in [0.3, 0.4) is 0 Å². The quantitative estimate of drug-likeness (QED) is 0.609. The van der Waals surface area contributed by atoms with E-state index in [1.165, 1.54) is 35.1 Å². The van der Waals surface area contributed by atoms with Gasteiger partial charge in [-0.05, 0) is 89.8 Å². The molecule has 3 rings (SSSR count). The van der Waals surface area contributed by atoms with Gasteiger partial charge in [0.15, 0.2) is 0 Å². The Bertz CT molecular complexity index is 991. The molecule has 1 aliphatic carbocycles. The van der Waals surface area contributed by atoms with Crippen LogP contribution in [0.5, 0.6) is 0 Å². The third-order valence-corrected chi connectivity index (χ3v) is 5.68. The van der Waals surface area contributed by atoms with Crippen molar-refractivity contribution in [3.05, 3.63) is 88.5 Å². The monoisotopic (exact) mass is 384 g/mol. The number of carboxylic acids is 1. The number of carboxylic acid groups (broad SMARTS) is 1. The molecule has 0 fully saturated rings. The number of aryl methyl sites for hydroxylation is 1. The molecule has 1 aliphatic rings. The van der Waals surface area contributed by atoms with E-state index in [2.05, 4.69) is 63.0 Å². The molecule has 0 saturated carbocycles. The van der Waals surface area contributed by atoms with E-state index < -0.39 is 5.97 Å². The second kappa shape index (κ2) is 8.97. The molecular formula is C27H28O2. The van der Waals surface area contributed by atoms with Gasteiger partial charge in [0.05, 0.1) is 5.56 Å². The summed E-state index contributed by atoms with van der Waals surface area (Å²) < 4.78 is 0. The van der Waals surface area contributed by atoms with Crippen molar-refractivity contribution < 1.29 is 9.90 Å². The molecule has 0 unspecified atom stereocenters. The number of rotatable bonds is 4. The fourth-order valence-electron chi connectivity index (χ4n) is 3.90. The van der Waals surface area contributed by atoms with Gasteiger partial charge in [-0.2, -0.15) is 0 Å². The van der Waals surface area contributed by atoms with Crippen molar-refractivity contribution in [3.63, 3.8) is 0 Å². The van der Waals surface area contributed by atoms with Gasteiger partial charge in [0.1, 0.15) is 0 Å². The molecule has 0 saturated heterocycles. The average molecular weight is 385 g/mol. The van der Waals surface area contributed by atoms with Gasteiger partial charge in [-0.15, -0.1) is 0 Å². The molecular weight excluding hydrogens is 356 g/mol. The molecule has 2 aromatic rings. The molecule has 29 heavy (non-hydrogen) atoms. The first kappa shape index (κ1) is 20.7. The van der Waals surface area contributed by atoms with Gasteiger partial charge in [-0.3, -0.25) is 0 Å². The minimum atomic E-state index is -0.921. The van der Waals surface area contributed by atoms with Crippen LogP contribution in [-0.4, -0.2) is 11.1 Å². The van der Waals surface area contributed by atoms with E-state index >= 15 is 0 Å². The normalized spacial score (nSPS) is 15.8. The van der Waals surface area contributed by atoms with Crippen molar-refractivity contribution >= 4 is 11.5 Å². The summed E-state index contributed by atoms with van der Waals surface area (Å²) in [7, 11) is 0. The number of benzene rings is 2. The van der Waals surface area contributed by atoms with Gasteiger partial charge in [0, 0.05) is 5.56 Å². The van der Waals surface area contributed by atoms with E-state index in [0.29, 0.717) is 0 Å². The summed E-state index contributed by atoms with van der Waals surface area (Å²) in [6.45, 7) is 6.80. The van der Waals surface area contributed by atoms with Crippen molar-refractivity contribution in [1.82, 2.24) is 0 Å². The van der Waals surface area contributed by atoms with Crippen LogP contribution in [0, 0.1) is 17.3 Å². The molecule has 0 amide bonds. The lowest BCUT2D eigenvalue weighted by Crippen LogP contribution is -2.19. The molecule has 0 atom stereocenters. The Morgan fingerprint density at radius 2 is 1.79 bits per heavy atom. The third kappa shape index (κ3) is 5.06. The summed E-state index contributed by atoms with van der Waals surface area (Å²) in [5.41, 5.74) is 6.67. The van der Waals surface area contributed by atoms with Gasteiger partial charge in [-0.25, -0.2) is 4.79 Å². The van der Waals surface area contributed by atoms with E-state index in [1.807, 2.05) is 6.08 Å². The highest BCUT2D eigenvalue weighted by atomic mass is 16.4. The number of carbonyl (C=O) groups is 1. The van der Waals surface area contributed by atoms with Crippen LogP contribution in [-0.2, 0) is 6.42 Å². The zero-order valence-electron chi connectivity index (χ0n) is 17.5. The van der Waals surface area contributed by atoms with E-state index in [1.54, 1.807) is 24.3 Å². The Balaban J connectivity index is 1.88. The maximum atomic E-state index is 10.9. The summed E-state index contributed by atoms with van der Waals surface area (Å²) in [6, 6.07) is 15.6. The Hall–Kier alpha value is -3.05. The number of aromatic carboxylic acids is 1. The van der Waals surface area contributed by atoms with Gasteiger partial charge in [0.25, 0.3) is 0 Å². The highest BCUT2D eigenvalue weighted by molar-refractivity contribution is 5.87. The summed E-state index contributed by atoms with van der Waals surface area (Å²) in [6.07, 6.45) is 8.62. The van der Waals surface area contributed by atoms with Crippen LogP contribution in [0.2, 0.25) is 0 Å². The third-order valence-electron chi connectivity index (χ3n) is 5.68. The van der Waals surface area contributed by atoms with E-state index in [-0.39, 0.29) is 11.0 Å². The molecule has 148 valence electrons. The fraction of sp³-hybridized carbons (Fsp3) is 0.296. The average Bonchev–Trinajstić information content (AvgIpc) is 2.72. The first-order valence-electron chi connectivity index (χ1n) is 10.2. The SMILES string of the molecule is CCc1ccc(C2=C(C=CC#Cc3ccc(C(=O)O)cc3)C(C)(C)CCC2)cc1. The molecule has 2 nitrogen and oxygen atoms in total. The van der Waals surface area contributed by atoms with Crippen molar-refractivity contribution in [3.8, 4) is 11.8 Å². The van der Waals surface area contributed by atoms with Gasteiger partial charge >= 0.3 is 5.97 Å². The number of allylic oxidation sites excluding steroid dienone is 4. The highest BCUT2D eigenvalue weighted by Gasteiger charge is 2.28. The lowest BCUT2D eigenvalue weighted by Gasteiger charge is -2.34. The first-order chi connectivity index (χ1) is 13.9. The predicted molar refractivity (Wildman–Crippen MR) is 120 cm³/mol. The fourth-order valence-corrected chi connectivity index (χ4v) is 3.90. The summed E-state index contributed by atoms with van der Waals surface area (Å²) >= 11 is 0. The van der Waals surface area contributed by atoms with Crippen molar-refractivity contribution in [2.75, 3.05) is 0 Å². The lowest BCUT2D eigenvalue weighted by molar-refractivity contribution is 0.0697. The maximum absolute atomic E-state index is 10.9. The van der Waals surface area contributed by atoms with Gasteiger partial charge in [-0.1, -0.05) is 56.9 Å². The van der Waals surface area contributed by atoms with Gasteiger partial charge in [0.2, 0.25) is 0 Å². The van der Waals surface area contributed by atoms with Crippen molar-refractivity contribution in [2.45, 2.75) is 46.5 Å². The van der Waals surface area contributed by atoms with E-state index in [0.717, 1.165) is 18.4 Å². The Labute approximate surface area is 174 Å². The maximum Gasteiger partial charge on any atom is 0.335 e. The molecule has 0 aromatic heterocycles. The van der Waals surface area contributed by atoms with Crippen LogP contribution in [0.1, 0.15) is 67.1 Å². The molecule has 0 bridgehead atoms. The van der Waals surface area contributed by atoms with Crippen LogP contribution in [0.15, 0.2) is 66.3 Å². The number of hydrogen-bond donors (Lipinski definition) is 1. The molecule has 0 radical (unpaired) electrons. The van der Waals surface area contributed by atoms with Gasteiger partial charge < -0.3 is 5.11 Å².